The van der Waals surface area contributed by atoms with E-state index in [0.717, 1.165) is 35.2 Å². The highest BCUT2D eigenvalue weighted by atomic mass is 127. The molecule has 110 valence electrons. The number of piperidine rings is 1. The fourth-order valence-corrected chi connectivity index (χ4v) is 2.73. The van der Waals surface area contributed by atoms with Crippen LogP contribution in [0.1, 0.15) is 35.1 Å². The Morgan fingerprint density at radius 3 is 2.90 bits per heavy atom. The van der Waals surface area contributed by atoms with Gasteiger partial charge in [0.25, 0.3) is 5.91 Å². The lowest BCUT2D eigenvalue weighted by molar-refractivity contribution is 0.102. The number of anilines is 1. The minimum Gasteiger partial charge on any atom is -0.448 e. The maximum absolute atomic E-state index is 12.1. The molecule has 0 saturated carbocycles. The monoisotopic (exact) mass is 397 g/mol. The lowest BCUT2D eigenvalue weighted by Gasteiger charge is -2.19. The Labute approximate surface area is 136 Å². The van der Waals surface area contributed by atoms with Gasteiger partial charge in [0.05, 0.1) is 0 Å². The largest absolute Gasteiger partial charge is 0.448 e. The van der Waals surface area contributed by atoms with E-state index in [9.17, 15) is 4.79 Å². The number of carbonyl (C=O) groups excluding carboxylic acids is 1. The minimum atomic E-state index is -0.241. The Morgan fingerprint density at radius 2 is 2.19 bits per heavy atom. The van der Waals surface area contributed by atoms with Crippen LogP contribution in [0.2, 0.25) is 0 Å². The molecule has 2 N–H and O–H groups in total. The van der Waals surface area contributed by atoms with Crippen molar-refractivity contribution < 1.29 is 9.21 Å². The van der Waals surface area contributed by atoms with E-state index in [1.807, 2.05) is 24.3 Å². The number of amides is 1. The first-order valence-corrected chi connectivity index (χ1v) is 8.03. The van der Waals surface area contributed by atoms with Crippen LogP contribution in [0.5, 0.6) is 0 Å². The predicted molar refractivity (Wildman–Crippen MR) is 88.5 cm³/mol. The molecule has 1 amide bonds. The second-order valence-electron chi connectivity index (χ2n) is 5.08. The Hall–Kier alpha value is -1.41. The Kier molecular flexibility index (Phi) is 4.54. The van der Waals surface area contributed by atoms with Crippen LogP contribution in [0.4, 0.5) is 5.69 Å². The smallest absolute Gasteiger partial charge is 0.277 e. The molecule has 1 aliphatic heterocycles. The maximum Gasteiger partial charge on any atom is 0.277 e. The van der Waals surface area contributed by atoms with Crippen LogP contribution < -0.4 is 10.6 Å². The molecule has 1 atom stereocenters. The number of nitrogens with one attached hydrogen (secondary N) is 2. The van der Waals surface area contributed by atoms with Crippen molar-refractivity contribution in [1.82, 2.24) is 10.3 Å². The van der Waals surface area contributed by atoms with Crippen molar-refractivity contribution in [2.24, 2.45) is 0 Å². The summed E-state index contributed by atoms with van der Waals surface area (Å²) in [6.07, 6.45) is 3.59. The summed E-state index contributed by atoms with van der Waals surface area (Å²) in [7, 11) is 0. The highest BCUT2D eigenvalue weighted by molar-refractivity contribution is 14.1. The summed E-state index contributed by atoms with van der Waals surface area (Å²) < 4.78 is 6.59. The number of hydrogen-bond acceptors (Lipinski definition) is 4. The van der Waals surface area contributed by atoms with Crippen molar-refractivity contribution in [3.63, 3.8) is 0 Å². The fourth-order valence-electron chi connectivity index (χ4n) is 2.37. The number of benzene rings is 1. The number of halogens is 1. The molecule has 1 fully saturated rings. The second kappa shape index (κ2) is 6.57. The average Bonchev–Trinajstić information content (AvgIpc) is 3.00. The third kappa shape index (κ3) is 3.62. The number of nitrogens with zero attached hydrogens (tertiary/aromatic N) is 1. The van der Waals surface area contributed by atoms with Gasteiger partial charge in [-0.3, -0.25) is 4.79 Å². The average molecular weight is 397 g/mol. The molecule has 0 bridgehead atoms. The van der Waals surface area contributed by atoms with Crippen molar-refractivity contribution in [3.05, 3.63) is 45.7 Å². The zero-order valence-corrected chi connectivity index (χ0v) is 13.6. The van der Waals surface area contributed by atoms with E-state index in [-0.39, 0.29) is 11.8 Å². The van der Waals surface area contributed by atoms with Gasteiger partial charge in [0.15, 0.2) is 11.6 Å². The number of rotatable bonds is 3. The highest BCUT2D eigenvalue weighted by Gasteiger charge is 2.21. The summed E-state index contributed by atoms with van der Waals surface area (Å²) in [5.41, 5.74) is 1.08. The van der Waals surface area contributed by atoms with Gasteiger partial charge >= 0.3 is 0 Å². The van der Waals surface area contributed by atoms with E-state index < -0.39 is 0 Å². The van der Waals surface area contributed by atoms with Crippen molar-refractivity contribution in [1.29, 1.82) is 0 Å². The third-order valence-electron chi connectivity index (χ3n) is 3.50. The molecule has 2 aromatic rings. The molecular formula is C15H16IN3O2. The van der Waals surface area contributed by atoms with Gasteiger partial charge in [0.1, 0.15) is 6.26 Å². The normalized spacial score (nSPS) is 18.4. The summed E-state index contributed by atoms with van der Waals surface area (Å²) in [5.74, 6) is 0.670. The first-order valence-electron chi connectivity index (χ1n) is 6.95. The molecule has 1 aliphatic rings. The first kappa shape index (κ1) is 14.5. The van der Waals surface area contributed by atoms with E-state index in [0.29, 0.717) is 11.6 Å². The molecule has 0 spiro atoms. The van der Waals surface area contributed by atoms with E-state index >= 15 is 0 Å². The second-order valence-corrected chi connectivity index (χ2v) is 6.32. The maximum atomic E-state index is 12.1. The summed E-state index contributed by atoms with van der Waals surface area (Å²) in [5, 5.41) is 6.14. The van der Waals surface area contributed by atoms with Crippen molar-refractivity contribution >= 4 is 34.2 Å². The summed E-state index contributed by atoms with van der Waals surface area (Å²) in [4.78, 5) is 16.5. The van der Waals surface area contributed by atoms with Crippen LogP contribution in [-0.4, -0.2) is 24.0 Å². The predicted octanol–water partition coefficient (Wildman–Crippen LogP) is 3.00. The quantitative estimate of drug-likeness (QED) is 0.782. The molecule has 1 aromatic heterocycles. The zero-order chi connectivity index (χ0) is 14.7. The molecule has 5 nitrogen and oxygen atoms in total. The highest BCUT2D eigenvalue weighted by Crippen LogP contribution is 2.22. The lowest BCUT2D eigenvalue weighted by atomic mass is 10.00. The third-order valence-corrected chi connectivity index (χ3v) is 4.22. The molecule has 1 unspecified atom stereocenters. The SMILES string of the molecule is O=C(Nc1ccc(I)cc1)c1coc(C2CCCNC2)n1. The van der Waals surface area contributed by atoms with Crippen LogP contribution in [0.3, 0.4) is 0 Å². The fraction of sp³-hybridized carbons (Fsp3) is 0.333. The molecule has 3 rings (SSSR count). The Balaban J connectivity index is 1.67. The van der Waals surface area contributed by atoms with Gasteiger partial charge in [0.2, 0.25) is 0 Å². The van der Waals surface area contributed by atoms with Gasteiger partial charge in [-0.15, -0.1) is 0 Å². The molecule has 1 saturated heterocycles. The standard InChI is InChI=1S/C15H16IN3O2/c16-11-3-5-12(6-4-11)18-14(20)13-9-21-15(19-13)10-2-1-7-17-8-10/h3-6,9-10,17H,1-2,7-8H2,(H,18,20). The van der Waals surface area contributed by atoms with Crippen molar-refractivity contribution in [2.75, 3.05) is 18.4 Å². The summed E-state index contributed by atoms with van der Waals surface area (Å²) in [6.45, 7) is 1.90. The Bertz CT molecular complexity index is 618. The minimum absolute atomic E-state index is 0.241. The van der Waals surface area contributed by atoms with Crippen LogP contribution in [0.25, 0.3) is 0 Å². The molecule has 2 heterocycles. The van der Waals surface area contributed by atoms with Gasteiger partial charge in [-0.1, -0.05) is 0 Å². The van der Waals surface area contributed by atoms with E-state index in [4.69, 9.17) is 4.42 Å². The van der Waals surface area contributed by atoms with Gasteiger partial charge in [0, 0.05) is 21.7 Å². The van der Waals surface area contributed by atoms with Gasteiger partial charge in [-0.25, -0.2) is 4.98 Å². The van der Waals surface area contributed by atoms with Crippen LogP contribution in [0, 0.1) is 3.57 Å². The van der Waals surface area contributed by atoms with Crippen molar-refractivity contribution in [2.45, 2.75) is 18.8 Å². The van der Waals surface area contributed by atoms with Crippen LogP contribution >= 0.6 is 22.6 Å². The van der Waals surface area contributed by atoms with E-state index in [1.54, 1.807) is 0 Å². The number of aromatic nitrogens is 1. The molecule has 0 aliphatic carbocycles. The van der Waals surface area contributed by atoms with Crippen LogP contribution in [-0.2, 0) is 0 Å². The molecule has 1 aromatic carbocycles. The number of hydrogen-bond donors (Lipinski definition) is 2. The molecule has 0 radical (unpaired) electrons. The molecule has 21 heavy (non-hydrogen) atoms. The first-order chi connectivity index (χ1) is 10.2. The van der Waals surface area contributed by atoms with Gasteiger partial charge in [-0.05, 0) is 66.2 Å². The topological polar surface area (TPSA) is 67.2 Å². The summed E-state index contributed by atoms with van der Waals surface area (Å²) >= 11 is 2.22. The van der Waals surface area contributed by atoms with E-state index in [1.165, 1.54) is 6.26 Å². The van der Waals surface area contributed by atoms with E-state index in [2.05, 4.69) is 38.2 Å². The number of oxazole rings is 1. The Morgan fingerprint density at radius 1 is 1.38 bits per heavy atom. The molecule has 6 heteroatoms. The summed E-state index contributed by atoms with van der Waals surface area (Å²) in [6, 6.07) is 7.62. The molecular weight excluding hydrogens is 381 g/mol. The van der Waals surface area contributed by atoms with Crippen molar-refractivity contribution in [3.8, 4) is 0 Å². The van der Waals surface area contributed by atoms with Crippen LogP contribution in [0.15, 0.2) is 34.9 Å². The van der Waals surface area contributed by atoms with Gasteiger partial charge in [-0.2, -0.15) is 0 Å². The zero-order valence-electron chi connectivity index (χ0n) is 11.4. The van der Waals surface area contributed by atoms with Gasteiger partial charge < -0.3 is 15.1 Å². The number of carbonyl (C=O) groups is 1. The lowest BCUT2D eigenvalue weighted by Crippen LogP contribution is -2.28.